The van der Waals surface area contributed by atoms with Crippen LogP contribution in [0.3, 0.4) is 0 Å². The summed E-state index contributed by atoms with van der Waals surface area (Å²) in [5.41, 5.74) is 0.118. The molecular weight excluding hydrogens is 456 g/mol. The maximum atomic E-state index is 13.8. The molecular formula is C34H58O3. The highest BCUT2D eigenvalue weighted by Crippen LogP contribution is 2.59. The van der Waals surface area contributed by atoms with Gasteiger partial charge in [0.05, 0.1) is 18.6 Å². The summed E-state index contributed by atoms with van der Waals surface area (Å²) in [6.07, 6.45) is 32.4. The predicted octanol–water partition coefficient (Wildman–Crippen LogP) is 9.17. The fourth-order valence-corrected chi connectivity index (χ4v) is 9.18. The molecule has 3 atom stereocenters. The van der Waals surface area contributed by atoms with Crippen molar-refractivity contribution < 1.29 is 14.6 Å². The number of allylic oxidation sites excluding steroid dienone is 1. The Hall–Kier alpha value is -0.830. The highest BCUT2D eigenvalue weighted by molar-refractivity contribution is 5.74. The molecule has 0 saturated heterocycles. The van der Waals surface area contributed by atoms with Crippen LogP contribution in [0.2, 0.25) is 0 Å². The van der Waals surface area contributed by atoms with Gasteiger partial charge < -0.3 is 9.84 Å². The van der Waals surface area contributed by atoms with E-state index in [1.54, 1.807) is 0 Å². The van der Waals surface area contributed by atoms with Gasteiger partial charge in [-0.3, -0.25) is 4.79 Å². The maximum Gasteiger partial charge on any atom is 0.309 e. The third-order valence-corrected chi connectivity index (χ3v) is 11.2. The number of hydrogen-bond donors (Lipinski definition) is 1. The lowest BCUT2D eigenvalue weighted by Crippen LogP contribution is -2.51. The molecule has 212 valence electrons. The van der Waals surface area contributed by atoms with E-state index in [4.69, 9.17) is 4.74 Å². The van der Waals surface area contributed by atoms with Gasteiger partial charge in [-0.2, -0.15) is 0 Å². The van der Waals surface area contributed by atoms with Gasteiger partial charge >= 0.3 is 5.97 Å². The van der Waals surface area contributed by atoms with Crippen molar-refractivity contribution in [1.29, 1.82) is 0 Å². The Balaban J connectivity index is 1.59. The summed E-state index contributed by atoms with van der Waals surface area (Å²) in [4.78, 5) is 13.8. The molecule has 3 nitrogen and oxygen atoms in total. The van der Waals surface area contributed by atoms with E-state index in [-0.39, 0.29) is 23.4 Å². The van der Waals surface area contributed by atoms with Gasteiger partial charge in [-0.25, -0.2) is 0 Å². The van der Waals surface area contributed by atoms with E-state index >= 15 is 0 Å². The average Bonchev–Trinajstić information content (AvgIpc) is 2.88. The molecule has 0 amide bonds. The first-order chi connectivity index (χ1) is 18.1. The average molecular weight is 515 g/mol. The zero-order valence-corrected chi connectivity index (χ0v) is 24.1. The zero-order chi connectivity index (χ0) is 25.9. The van der Waals surface area contributed by atoms with Gasteiger partial charge in [-0.15, -0.1) is 0 Å². The van der Waals surface area contributed by atoms with E-state index in [1.807, 2.05) is 6.92 Å². The lowest BCUT2D eigenvalue weighted by molar-refractivity contribution is -0.165. The predicted molar refractivity (Wildman–Crippen MR) is 153 cm³/mol. The van der Waals surface area contributed by atoms with Crippen LogP contribution >= 0.6 is 0 Å². The molecule has 0 aromatic rings. The van der Waals surface area contributed by atoms with Gasteiger partial charge in [0.25, 0.3) is 0 Å². The zero-order valence-electron chi connectivity index (χ0n) is 24.1. The monoisotopic (exact) mass is 514 g/mol. The number of hydrogen-bond acceptors (Lipinski definition) is 3. The second-order valence-corrected chi connectivity index (χ2v) is 13.3. The first-order valence-electron chi connectivity index (χ1n) is 16.7. The number of esters is 1. The minimum Gasteiger partial charge on any atom is -0.466 e. The number of carbonyl (C=O) groups is 1. The van der Waals surface area contributed by atoms with E-state index in [1.165, 1.54) is 122 Å². The van der Waals surface area contributed by atoms with Gasteiger partial charge in [0.1, 0.15) is 0 Å². The van der Waals surface area contributed by atoms with E-state index in [9.17, 15) is 9.90 Å². The molecule has 37 heavy (non-hydrogen) atoms. The first-order valence-corrected chi connectivity index (χ1v) is 16.7. The molecule has 0 aliphatic heterocycles. The summed E-state index contributed by atoms with van der Waals surface area (Å²) < 4.78 is 5.89. The van der Waals surface area contributed by atoms with Crippen LogP contribution in [0.4, 0.5) is 0 Å². The quantitative estimate of drug-likeness (QED) is 0.272. The molecule has 4 saturated carbocycles. The molecule has 0 aromatic carbocycles. The van der Waals surface area contributed by atoms with Crippen molar-refractivity contribution >= 4 is 5.97 Å². The van der Waals surface area contributed by atoms with Gasteiger partial charge in [0.2, 0.25) is 0 Å². The molecule has 1 N–H and O–H groups in total. The molecule has 4 aliphatic carbocycles. The largest absolute Gasteiger partial charge is 0.466 e. The number of aliphatic hydroxyl groups excluding tert-OH is 1. The highest BCUT2D eigenvalue weighted by Gasteiger charge is 2.55. The molecule has 0 heterocycles. The van der Waals surface area contributed by atoms with Crippen LogP contribution in [-0.2, 0) is 9.53 Å². The number of ether oxygens (including phenoxy) is 1. The molecule has 4 rings (SSSR count). The van der Waals surface area contributed by atoms with Crippen LogP contribution in [0.1, 0.15) is 148 Å². The van der Waals surface area contributed by atoms with E-state index in [2.05, 4.69) is 12.2 Å². The summed E-state index contributed by atoms with van der Waals surface area (Å²) in [6.45, 7) is 2.47. The summed E-state index contributed by atoms with van der Waals surface area (Å²) in [6, 6.07) is 0. The van der Waals surface area contributed by atoms with Crippen molar-refractivity contribution in [2.75, 3.05) is 6.61 Å². The number of aliphatic hydroxyl groups is 1. The fraction of sp³-hybridized carbons (Fsp3) is 0.912. The Bertz CT molecular complexity index is 655. The Morgan fingerprint density at radius 3 is 1.81 bits per heavy atom. The molecule has 3 unspecified atom stereocenters. The van der Waals surface area contributed by atoms with Crippen LogP contribution in [0.15, 0.2) is 12.2 Å². The third kappa shape index (κ3) is 7.64. The maximum absolute atomic E-state index is 13.8. The Morgan fingerprint density at radius 2 is 1.27 bits per heavy atom. The van der Waals surface area contributed by atoms with Crippen molar-refractivity contribution in [2.24, 2.45) is 35.0 Å². The molecule has 0 radical (unpaired) electrons. The van der Waals surface area contributed by atoms with E-state index in [0.29, 0.717) is 30.3 Å². The lowest BCUT2D eigenvalue weighted by atomic mass is 9.49. The van der Waals surface area contributed by atoms with Crippen molar-refractivity contribution in [3.05, 3.63) is 12.2 Å². The second kappa shape index (κ2) is 15.1. The van der Waals surface area contributed by atoms with Crippen LogP contribution in [0.5, 0.6) is 0 Å². The van der Waals surface area contributed by atoms with Gasteiger partial charge in [0, 0.05) is 0 Å². The van der Waals surface area contributed by atoms with Gasteiger partial charge in [0.15, 0.2) is 0 Å². The lowest BCUT2D eigenvalue weighted by Gasteiger charge is -2.55. The minimum absolute atomic E-state index is 0.0246. The van der Waals surface area contributed by atoms with Crippen molar-refractivity contribution in [3.8, 4) is 0 Å². The Labute approximate surface area is 228 Å². The molecule has 4 fully saturated rings. The molecule has 3 heteroatoms. The summed E-state index contributed by atoms with van der Waals surface area (Å²) in [7, 11) is 0. The van der Waals surface area contributed by atoms with Crippen molar-refractivity contribution in [3.63, 3.8) is 0 Å². The second-order valence-electron chi connectivity index (χ2n) is 13.3. The molecule has 0 spiro atoms. The van der Waals surface area contributed by atoms with Crippen LogP contribution in [0.25, 0.3) is 0 Å². The Morgan fingerprint density at radius 1 is 0.784 bits per heavy atom. The van der Waals surface area contributed by atoms with E-state index in [0.717, 1.165) is 19.3 Å². The summed E-state index contributed by atoms with van der Waals surface area (Å²) in [5.74, 6) is 2.28. The Kier molecular flexibility index (Phi) is 11.9. The standard InChI is InChI=1S/C34H58O3/c1-2-37-33(36)31-26-27(22-23-32(35)28-16-10-9-11-17-28)24-25-34(31,29-18-12-5-3-6-13-19-29)30-20-14-7-4-8-15-21-30/h22-23,27-32,35H,2-21,24-26H2,1H3/b23-22+. The van der Waals surface area contributed by atoms with Crippen LogP contribution < -0.4 is 0 Å². The van der Waals surface area contributed by atoms with Gasteiger partial charge in [-0.05, 0) is 93.8 Å². The van der Waals surface area contributed by atoms with Gasteiger partial charge in [-0.1, -0.05) is 95.6 Å². The van der Waals surface area contributed by atoms with E-state index < -0.39 is 0 Å². The van der Waals surface area contributed by atoms with Crippen molar-refractivity contribution in [2.45, 2.75) is 154 Å². The molecule has 0 aromatic heterocycles. The number of rotatable bonds is 7. The number of carbonyl (C=O) groups excluding carboxylic acids is 1. The topological polar surface area (TPSA) is 46.5 Å². The third-order valence-electron chi connectivity index (χ3n) is 11.2. The minimum atomic E-state index is -0.316. The van der Waals surface area contributed by atoms with Crippen LogP contribution in [0, 0.1) is 35.0 Å². The SMILES string of the molecule is CCOC(=O)C1CC(/C=C/C(O)C2CCCCC2)CCC1(C1CCCCCCC1)C1CCCCCCC1. The summed E-state index contributed by atoms with van der Waals surface area (Å²) in [5, 5.41) is 10.9. The summed E-state index contributed by atoms with van der Waals surface area (Å²) >= 11 is 0. The van der Waals surface area contributed by atoms with Crippen LogP contribution in [-0.4, -0.2) is 23.8 Å². The smallest absolute Gasteiger partial charge is 0.309 e. The first kappa shape index (κ1) is 29.2. The normalized spacial score (nSPS) is 30.6. The molecule has 0 bridgehead atoms. The van der Waals surface area contributed by atoms with Crippen molar-refractivity contribution in [1.82, 2.24) is 0 Å². The molecule has 4 aliphatic rings. The highest BCUT2D eigenvalue weighted by atomic mass is 16.5. The fourth-order valence-electron chi connectivity index (χ4n) is 9.18.